The van der Waals surface area contributed by atoms with Crippen molar-refractivity contribution < 1.29 is 5.11 Å². The quantitative estimate of drug-likeness (QED) is 0.724. The van der Waals surface area contributed by atoms with E-state index in [4.69, 9.17) is 0 Å². The molecule has 1 rings (SSSR count). The van der Waals surface area contributed by atoms with Crippen molar-refractivity contribution in [2.45, 2.75) is 33.6 Å². The van der Waals surface area contributed by atoms with Crippen molar-refractivity contribution in [2.24, 2.45) is 0 Å². The molecule has 1 nitrogen and oxygen atoms in total. The first-order chi connectivity index (χ1) is 6.57. The maximum atomic E-state index is 9.79. The summed E-state index contributed by atoms with van der Waals surface area (Å²) in [5, 5.41) is 9.79. The van der Waals surface area contributed by atoms with Crippen LogP contribution in [0.1, 0.15) is 28.7 Å². The molecule has 0 unspecified atom stereocenters. The molecule has 0 aliphatic heterocycles. The van der Waals surface area contributed by atoms with Gasteiger partial charge in [-0.2, -0.15) is 0 Å². The van der Waals surface area contributed by atoms with Gasteiger partial charge in [-0.05, 0) is 55.9 Å². The van der Waals surface area contributed by atoms with E-state index < -0.39 is 0 Å². The Morgan fingerprint density at radius 2 is 1.93 bits per heavy atom. The van der Waals surface area contributed by atoms with E-state index in [1.165, 1.54) is 11.1 Å². The number of phenols is 1. The highest BCUT2D eigenvalue weighted by Crippen LogP contribution is 2.28. The van der Waals surface area contributed by atoms with Crippen LogP contribution in [0.5, 0.6) is 5.75 Å². The van der Waals surface area contributed by atoms with Gasteiger partial charge in [0.2, 0.25) is 0 Å². The fourth-order valence-corrected chi connectivity index (χ4v) is 1.85. The van der Waals surface area contributed by atoms with Crippen LogP contribution in [0.25, 0.3) is 0 Å². The van der Waals surface area contributed by atoms with Crippen LogP contribution < -0.4 is 0 Å². The standard InChI is InChI=1S/C13H18O/c1-5-6-7-12-9(2)8-10(3)13(14)11(12)4/h5,8,14H,1,6-7H2,2-4H3. The van der Waals surface area contributed by atoms with Gasteiger partial charge >= 0.3 is 0 Å². The van der Waals surface area contributed by atoms with E-state index in [9.17, 15) is 5.11 Å². The lowest BCUT2D eigenvalue weighted by molar-refractivity contribution is 0.465. The summed E-state index contributed by atoms with van der Waals surface area (Å²) in [6, 6.07) is 2.04. The van der Waals surface area contributed by atoms with Crippen molar-refractivity contribution in [1.29, 1.82) is 0 Å². The number of aryl methyl sites for hydroxylation is 2. The van der Waals surface area contributed by atoms with Gasteiger partial charge in [0.15, 0.2) is 0 Å². The van der Waals surface area contributed by atoms with Gasteiger partial charge in [0.25, 0.3) is 0 Å². The molecule has 1 heteroatoms. The Bertz CT molecular complexity index is 351. The maximum absolute atomic E-state index is 9.79. The van der Waals surface area contributed by atoms with Gasteiger partial charge in [0.1, 0.15) is 5.75 Å². The third-order valence-electron chi connectivity index (χ3n) is 2.69. The molecule has 1 aromatic rings. The summed E-state index contributed by atoms with van der Waals surface area (Å²) < 4.78 is 0. The SMILES string of the molecule is C=CCCc1c(C)cc(C)c(O)c1C. The number of allylic oxidation sites excluding steroid dienone is 1. The van der Waals surface area contributed by atoms with Crippen LogP contribution in [0.2, 0.25) is 0 Å². The van der Waals surface area contributed by atoms with Crippen LogP contribution in [0.3, 0.4) is 0 Å². The van der Waals surface area contributed by atoms with Crippen molar-refractivity contribution in [2.75, 3.05) is 0 Å². The monoisotopic (exact) mass is 190 g/mol. The molecule has 0 aliphatic carbocycles. The van der Waals surface area contributed by atoms with Gasteiger partial charge in [-0.1, -0.05) is 12.1 Å². The van der Waals surface area contributed by atoms with Crippen LogP contribution in [-0.4, -0.2) is 5.11 Å². The predicted molar refractivity (Wildman–Crippen MR) is 60.8 cm³/mol. The molecule has 0 aromatic heterocycles. The van der Waals surface area contributed by atoms with Gasteiger partial charge in [-0.3, -0.25) is 0 Å². The van der Waals surface area contributed by atoms with E-state index in [0.717, 1.165) is 24.0 Å². The van der Waals surface area contributed by atoms with Crippen LogP contribution in [0.15, 0.2) is 18.7 Å². The summed E-state index contributed by atoms with van der Waals surface area (Å²) >= 11 is 0. The third kappa shape index (κ3) is 1.98. The third-order valence-corrected chi connectivity index (χ3v) is 2.69. The first kappa shape index (κ1) is 10.8. The second kappa shape index (κ2) is 4.32. The molecule has 0 atom stereocenters. The van der Waals surface area contributed by atoms with E-state index in [-0.39, 0.29) is 0 Å². The van der Waals surface area contributed by atoms with E-state index in [1.54, 1.807) is 0 Å². The number of rotatable bonds is 3. The van der Waals surface area contributed by atoms with Gasteiger partial charge in [-0.25, -0.2) is 0 Å². The molecule has 0 radical (unpaired) electrons. The maximum Gasteiger partial charge on any atom is 0.121 e. The smallest absolute Gasteiger partial charge is 0.121 e. The summed E-state index contributed by atoms with van der Waals surface area (Å²) in [6.45, 7) is 9.72. The molecule has 0 aliphatic rings. The second-order valence-electron chi connectivity index (χ2n) is 3.79. The van der Waals surface area contributed by atoms with E-state index >= 15 is 0 Å². The fraction of sp³-hybridized carbons (Fsp3) is 0.385. The number of hydrogen-bond donors (Lipinski definition) is 1. The van der Waals surface area contributed by atoms with Crippen LogP contribution >= 0.6 is 0 Å². The predicted octanol–water partition coefficient (Wildman–Crippen LogP) is 3.44. The lowest BCUT2D eigenvalue weighted by Gasteiger charge is -2.12. The lowest BCUT2D eigenvalue weighted by Crippen LogP contribution is -1.95. The van der Waals surface area contributed by atoms with Gasteiger partial charge in [0.05, 0.1) is 0 Å². The summed E-state index contributed by atoms with van der Waals surface area (Å²) in [7, 11) is 0. The number of aromatic hydroxyl groups is 1. The molecular formula is C13H18O. The molecule has 0 fully saturated rings. The zero-order valence-electron chi connectivity index (χ0n) is 9.22. The Hall–Kier alpha value is -1.24. The van der Waals surface area contributed by atoms with Gasteiger partial charge < -0.3 is 5.11 Å². The molecule has 14 heavy (non-hydrogen) atoms. The molecule has 76 valence electrons. The highest BCUT2D eigenvalue weighted by Gasteiger charge is 2.08. The molecule has 0 heterocycles. The minimum absolute atomic E-state index is 0.440. The largest absolute Gasteiger partial charge is 0.507 e. The molecule has 1 N–H and O–H groups in total. The highest BCUT2D eigenvalue weighted by atomic mass is 16.3. The van der Waals surface area contributed by atoms with E-state index in [0.29, 0.717) is 5.75 Å². The van der Waals surface area contributed by atoms with Gasteiger partial charge in [-0.15, -0.1) is 6.58 Å². The Labute approximate surface area is 86.1 Å². The van der Waals surface area contributed by atoms with Gasteiger partial charge in [0, 0.05) is 0 Å². The second-order valence-corrected chi connectivity index (χ2v) is 3.79. The molecule has 0 bridgehead atoms. The number of hydrogen-bond acceptors (Lipinski definition) is 1. The zero-order valence-corrected chi connectivity index (χ0v) is 9.22. The van der Waals surface area contributed by atoms with Crippen molar-refractivity contribution in [1.82, 2.24) is 0 Å². The summed E-state index contributed by atoms with van der Waals surface area (Å²) in [4.78, 5) is 0. The fourth-order valence-electron chi connectivity index (χ4n) is 1.85. The molecule has 0 saturated carbocycles. The van der Waals surface area contributed by atoms with Crippen LogP contribution in [0, 0.1) is 20.8 Å². The van der Waals surface area contributed by atoms with Crippen molar-refractivity contribution >= 4 is 0 Å². The topological polar surface area (TPSA) is 20.2 Å². The molecule has 0 spiro atoms. The zero-order chi connectivity index (χ0) is 10.7. The minimum Gasteiger partial charge on any atom is -0.507 e. The Morgan fingerprint density at radius 3 is 2.50 bits per heavy atom. The van der Waals surface area contributed by atoms with Crippen LogP contribution in [0.4, 0.5) is 0 Å². The molecule has 0 saturated heterocycles. The summed E-state index contributed by atoms with van der Waals surface area (Å²) in [6.07, 6.45) is 3.84. The molecule has 1 aromatic carbocycles. The number of benzene rings is 1. The Morgan fingerprint density at radius 1 is 1.29 bits per heavy atom. The lowest BCUT2D eigenvalue weighted by atomic mass is 9.95. The van der Waals surface area contributed by atoms with E-state index in [1.807, 2.05) is 26.0 Å². The normalized spacial score (nSPS) is 10.2. The van der Waals surface area contributed by atoms with Crippen molar-refractivity contribution in [3.05, 3.63) is 41.0 Å². The first-order valence-electron chi connectivity index (χ1n) is 4.97. The summed E-state index contributed by atoms with van der Waals surface area (Å²) in [5.41, 5.74) is 4.50. The van der Waals surface area contributed by atoms with Crippen molar-refractivity contribution in [3.63, 3.8) is 0 Å². The molecule has 0 amide bonds. The number of phenolic OH excluding ortho intramolecular Hbond substituents is 1. The van der Waals surface area contributed by atoms with E-state index in [2.05, 4.69) is 13.5 Å². The average Bonchev–Trinajstić information content (AvgIpc) is 2.14. The van der Waals surface area contributed by atoms with Crippen molar-refractivity contribution in [3.8, 4) is 5.75 Å². The average molecular weight is 190 g/mol. The Balaban J connectivity index is 3.15. The first-order valence-corrected chi connectivity index (χ1v) is 4.97. The summed E-state index contributed by atoms with van der Waals surface area (Å²) in [5.74, 6) is 0.440. The molecular weight excluding hydrogens is 172 g/mol. The Kier molecular flexibility index (Phi) is 3.34. The van der Waals surface area contributed by atoms with Crippen LogP contribution in [-0.2, 0) is 6.42 Å². The highest BCUT2D eigenvalue weighted by molar-refractivity contribution is 5.48. The minimum atomic E-state index is 0.440.